The summed E-state index contributed by atoms with van der Waals surface area (Å²) in [4.78, 5) is 15.1. The quantitative estimate of drug-likeness (QED) is 0.554. The van der Waals surface area contributed by atoms with Gasteiger partial charge in [0.05, 0.1) is 18.7 Å². The zero-order valence-corrected chi connectivity index (χ0v) is 6.70. The Hall–Kier alpha value is -1.12. The van der Waals surface area contributed by atoms with Crippen LogP contribution in [0.1, 0.15) is 13.3 Å². The topological polar surface area (TPSA) is 38.7 Å². The Bertz CT molecular complexity index is 218. The van der Waals surface area contributed by atoms with E-state index < -0.39 is 0 Å². The highest BCUT2D eigenvalue weighted by Gasteiger charge is 2.21. The highest BCUT2D eigenvalue weighted by Crippen LogP contribution is 2.15. The van der Waals surface area contributed by atoms with Gasteiger partial charge in [0.2, 0.25) is 0 Å². The Kier molecular flexibility index (Phi) is 2.41. The molecule has 0 aromatic heterocycles. The van der Waals surface area contributed by atoms with Gasteiger partial charge in [0.1, 0.15) is 0 Å². The standard InChI is InChI=1S/C8H11NO2/c1-3-7-6(4-5-9-7)8(10)11-2/h4-5,7H,3H2,1-2H3/t7-/m0/s1. The first-order chi connectivity index (χ1) is 5.29. The van der Waals surface area contributed by atoms with E-state index in [2.05, 4.69) is 9.73 Å². The summed E-state index contributed by atoms with van der Waals surface area (Å²) in [6.07, 6.45) is 4.21. The lowest BCUT2D eigenvalue weighted by Crippen LogP contribution is -2.14. The molecule has 1 aliphatic heterocycles. The van der Waals surface area contributed by atoms with Crippen molar-refractivity contribution in [3.63, 3.8) is 0 Å². The minimum absolute atomic E-state index is 0.0162. The third-order valence-corrected chi connectivity index (χ3v) is 1.69. The largest absolute Gasteiger partial charge is 0.466 e. The van der Waals surface area contributed by atoms with Crippen LogP contribution in [0.3, 0.4) is 0 Å². The number of aliphatic imine (C=N–C) groups is 1. The van der Waals surface area contributed by atoms with E-state index in [4.69, 9.17) is 0 Å². The highest BCUT2D eigenvalue weighted by molar-refractivity contribution is 5.97. The van der Waals surface area contributed by atoms with Crippen LogP contribution in [-0.2, 0) is 9.53 Å². The van der Waals surface area contributed by atoms with Gasteiger partial charge in [-0.2, -0.15) is 0 Å². The second kappa shape index (κ2) is 3.32. The molecule has 1 atom stereocenters. The molecule has 0 aliphatic carbocycles. The summed E-state index contributed by atoms with van der Waals surface area (Å²) >= 11 is 0. The van der Waals surface area contributed by atoms with Gasteiger partial charge in [-0.1, -0.05) is 6.92 Å². The molecule has 1 aliphatic rings. The molecule has 0 N–H and O–H groups in total. The van der Waals surface area contributed by atoms with Crippen LogP contribution in [0.2, 0.25) is 0 Å². The number of hydrogen-bond acceptors (Lipinski definition) is 3. The lowest BCUT2D eigenvalue weighted by atomic mass is 10.1. The Morgan fingerprint density at radius 2 is 2.55 bits per heavy atom. The normalized spacial score (nSPS) is 21.6. The summed E-state index contributed by atoms with van der Waals surface area (Å²) in [5, 5.41) is 0. The van der Waals surface area contributed by atoms with E-state index in [1.54, 1.807) is 12.3 Å². The van der Waals surface area contributed by atoms with Crippen molar-refractivity contribution in [1.29, 1.82) is 0 Å². The predicted molar refractivity (Wildman–Crippen MR) is 42.7 cm³/mol. The van der Waals surface area contributed by atoms with E-state index in [1.807, 2.05) is 6.92 Å². The number of hydrogen-bond donors (Lipinski definition) is 0. The third-order valence-electron chi connectivity index (χ3n) is 1.69. The summed E-state index contributed by atoms with van der Waals surface area (Å²) < 4.78 is 4.58. The lowest BCUT2D eigenvalue weighted by Gasteiger charge is -2.06. The van der Waals surface area contributed by atoms with Gasteiger partial charge in [-0.15, -0.1) is 0 Å². The van der Waals surface area contributed by atoms with Crippen LogP contribution in [0.15, 0.2) is 16.6 Å². The van der Waals surface area contributed by atoms with E-state index in [9.17, 15) is 4.79 Å². The van der Waals surface area contributed by atoms with Gasteiger partial charge in [0, 0.05) is 6.21 Å². The SMILES string of the molecule is CC[C@@H]1N=CC=C1C(=O)OC. The first-order valence-corrected chi connectivity index (χ1v) is 3.61. The Balaban J connectivity index is 2.67. The molecule has 0 unspecified atom stereocenters. The van der Waals surface area contributed by atoms with Crippen LogP contribution < -0.4 is 0 Å². The second-order valence-electron chi connectivity index (χ2n) is 2.34. The fourth-order valence-electron chi connectivity index (χ4n) is 1.07. The zero-order chi connectivity index (χ0) is 8.27. The molecule has 0 radical (unpaired) electrons. The fraction of sp³-hybridized carbons (Fsp3) is 0.500. The number of methoxy groups -OCH3 is 1. The molecule has 0 amide bonds. The molecule has 3 nitrogen and oxygen atoms in total. The predicted octanol–water partition coefficient (Wildman–Crippen LogP) is 0.949. The third kappa shape index (κ3) is 1.48. The number of carbonyl (C=O) groups is 1. The van der Waals surface area contributed by atoms with Gasteiger partial charge in [0.25, 0.3) is 0 Å². The summed E-state index contributed by atoms with van der Waals surface area (Å²) in [5.74, 6) is -0.269. The molecule has 0 spiro atoms. The summed E-state index contributed by atoms with van der Waals surface area (Å²) in [6.45, 7) is 1.99. The van der Waals surface area contributed by atoms with Crippen LogP contribution in [0.25, 0.3) is 0 Å². The zero-order valence-electron chi connectivity index (χ0n) is 6.70. The van der Waals surface area contributed by atoms with Crippen molar-refractivity contribution in [2.45, 2.75) is 19.4 Å². The number of ether oxygens (including phenoxy) is 1. The molecule has 11 heavy (non-hydrogen) atoms. The maximum absolute atomic E-state index is 11.0. The molecule has 0 aromatic rings. The monoisotopic (exact) mass is 153 g/mol. The summed E-state index contributed by atoms with van der Waals surface area (Å²) in [7, 11) is 1.38. The maximum Gasteiger partial charge on any atom is 0.335 e. The maximum atomic E-state index is 11.0. The average molecular weight is 153 g/mol. The minimum atomic E-state index is -0.269. The lowest BCUT2D eigenvalue weighted by molar-refractivity contribution is -0.136. The molecule has 0 saturated heterocycles. The van der Waals surface area contributed by atoms with Crippen LogP contribution in [0, 0.1) is 0 Å². The molecule has 1 rings (SSSR count). The molecular formula is C8H11NO2. The number of esters is 1. The Labute approximate surface area is 65.8 Å². The van der Waals surface area contributed by atoms with Crippen molar-refractivity contribution < 1.29 is 9.53 Å². The fourth-order valence-corrected chi connectivity index (χ4v) is 1.07. The van der Waals surface area contributed by atoms with Gasteiger partial charge in [0.15, 0.2) is 0 Å². The van der Waals surface area contributed by atoms with Gasteiger partial charge < -0.3 is 4.74 Å². The van der Waals surface area contributed by atoms with Gasteiger partial charge in [-0.05, 0) is 12.5 Å². The number of allylic oxidation sites excluding steroid dienone is 1. The molecule has 1 heterocycles. The molecule has 0 saturated carbocycles. The van der Waals surface area contributed by atoms with Crippen molar-refractivity contribution in [2.75, 3.05) is 7.11 Å². The first kappa shape index (κ1) is 7.98. The number of rotatable bonds is 2. The molecular weight excluding hydrogens is 142 g/mol. The minimum Gasteiger partial charge on any atom is -0.466 e. The average Bonchev–Trinajstić information content (AvgIpc) is 2.50. The van der Waals surface area contributed by atoms with Crippen LogP contribution >= 0.6 is 0 Å². The second-order valence-corrected chi connectivity index (χ2v) is 2.34. The van der Waals surface area contributed by atoms with Crippen molar-refractivity contribution in [3.8, 4) is 0 Å². The van der Waals surface area contributed by atoms with Gasteiger partial charge in [-0.3, -0.25) is 4.99 Å². The molecule has 60 valence electrons. The van der Waals surface area contributed by atoms with Crippen molar-refractivity contribution in [1.82, 2.24) is 0 Å². The summed E-state index contributed by atoms with van der Waals surface area (Å²) in [5.41, 5.74) is 0.662. The first-order valence-electron chi connectivity index (χ1n) is 3.61. The van der Waals surface area contributed by atoms with E-state index in [0.29, 0.717) is 5.57 Å². The molecule has 0 aromatic carbocycles. The van der Waals surface area contributed by atoms with E-state index in [0.717, 1.165) is 6.42 Å². The van der Waals surface area contributed by atoms with Crippen LogP contribution in [0.5, 0.6) is 0 Å². The Morgan fingerprint density at radius 1 is 1.82 bits per heavy atom. The van der Waals surface area contributed by atoms with Crippen molar-refractivity contribution in [3.05, 3.63) is 11.6 Å². The smallest absolute Gasteiger partial charge is 0.335 e. The van der Waals surface area contributed by atoms with Crippen molar-refractivity contribution >= 4 is 12.2 Å². The molecule has 0 bridgehead atoms. The van der Waals surface area contributed by atoms with Crippen LogP contribution in [0.4, 0.5) is 0 Å². The van der Waals surface area contributed by atoms with E-state index in [1.165, 1.54) is 7.11 Å². The van der Waals surface area contributed by atoms with Crippen LogP contribution in [-0.4, -0.2) is 25.3 Å². The van der Waals surface area contributed by atoms with E-state index in [-0.39, 0.29) is 12.0 Å². The molecule has 3 heteroatoms. The van der Waals surface area contributed by atoms with Gasteiger partial charge in [-0.25, -0.2) is 4.79 Å². The number of nitrogens with zero attached hydrogens (tertiary/aromatic N) is 1. The number of carbonyl (C=O) groups excluding carboxylic acids is 1. The summed E-state index contributed by atoms with van der Waals surface area (Å²) in [6, 6.07) is 0.0162. The van der Waals surface area contributed by atoms with E-state index >= 15 is 0 Å². The van der Waals surface area contributed by atoms with Crippen molar-refractivity contribution in [2.24, 2.45) is 4.99 Å². The van der Waals surface area contributed by atoms with Gasteiger partial charge >= 0.3 is 5.97 Å². The molecule has 0 fully saturated rings. The Morgan fingerprint density at radius 3 is 3.09 bits per heavy atom. The highest BCUT2D eigenvalue weighted by atomic mass is 16.5.